The van der Waals surface area contributed by atoms with E-state index in [0.717, 1.165) is 20.9 Å². The normalized spacial score (nSPS) is 10.6. The Morgan fingerprint density at radius 1 is 0.515 bits per heavy atom. The molecule has 0 unspecified atom stereocenters. The van der Waals surface area contributed by atoms with Crippen molar-refractivity contribution in [1.29, 1.82) is 0 Å². The van der Waals surface area contributed by atoms with Crippen LogP contribution in [0.5, 0.6) is 11.5 Å². The molecular formula is C28H22O3S2. The molecule has 33 heavy (non-hydrogen) atoms. The topological polar surface area (TPSA) is 43.4 Å². The maximum Gasteiger partial charge on any atom is 0.224 e. The van der Waals surface area contributed by atoms with E-state index in [-0.39, 0.29) is 10.2 Å². The zero-order valence-corrected chi connectivity index (χ0v) is 19.9. The van der Waals surface area contributed by atoms with Crippen LogP contribution in [0, 0.1) is 13.8 Å². The van der Waals surface area contributed by atoms with Gasteiger partial charge in [0.25, 0.3) is 0 Å². The Labute approximate surface area is 202 Å². The van der Waals surface area contributed by atoms with E-state index in [1.54, 1.807) is 0 Å². The van der Waals surface area contributed by atoms with Crippen LogP contribution in [0.3, 0.4) is 0 Å². The molecule has 4 rings (SSSR count). The van der Waals surface area contributed by atoms with Gasteiger partial charge in [-0.15, -0.1) is 0 Å². The number of carbonyl (C=O) groups is 2. The van der Waals surface area contributed by atoms with Gasteiger partial charge in [-0.3, -0.25) is 9.59 Å². The molecule has 0 aromatic heterocycles. The molecule has 0 radical (unpaired) electrons. The van der Waals surface area contributed by atoms with E-state index in [4.69, 9.17) is 4.74 Å². The van der Waals surface area contributed by atoms with Gasteiger partial charge in [0, 0.05) is 20.9 Å². The number of hydrogen-bond acceptors (Lipinski definition) is 5. The van der Waals surface area contributed by atoms with E-state index in [0.29, 0.717) is 22.6 Å². The molecule has 0 atom stereocenters. The minimum Gasteiger partial charge on any atom is -0.457 e. The standard InChI is InChI=1S/C28H22O3S2/c1-19-3-7-21(8-4-19)27(29)32-25-15-11-23(12-16-25)31-24-13-17-26(18-14-24)33-28(30)22-9-5-20(2)6-10-22/h3-18H,1-2H3. The molecule has 0 aliphatic carbocycles. The average Bonchev–Trinajstić information content (AvgIpc) is 2.82. The second kappa shape index (κ2) is 10.6. The molecule has 0 saturated heterocycles. The Balaban J connectivity index is 1.33. The fourth-order valence-corrected chi connectivity index (χ4v) is 4.48. The molecule has 0 heterocycles. The quantitative estimate of drug-likeness (QED) is 0.267. The molecule has 0 fully saturated rings. The molecule has 4 aromatic carbocycles. The second-order valence-corrected chi connectivity index (χ2v) is 9.65. The van der Waals surface area contributed by atoms with Gasteiger partial charge in [0.15, 0.2) is 0 Å². The highest BCUT2D eigenvalue weighted by Crippen LogP contribution is 2.29. The first-order chi connectivity index (χ1) is 16.0. The smallest absolute Gasteiger partial charge is 0.224 e. The molecule has 0 aliphatic heterocycles. The molecule has 0 saturated carbocycles. The van der Waals surface area contributed by atoms with Gasteiger partial charge in [0.1, 0.15) is 11.5 Å². The summed E-state index contributed by atoms with van der Waals surface area (Å²) in [6, 6.07) is 30.0. The molecule has 0 bridgehead atoms. The van der Waals surface area contributed by atoms with Crippen LogP contribution in [0.2, 0.25) is 0 Å². The summed E-state index contributed by atoms with van der Waals surface area (Å²) in [6.45, 7) is 3.99. The summed E-state index contributed by atoms with van der Waals surface area (Å²) >= 11 is 2.39. The van der Waals surface area contributed by atoms with Gasteiger partial charge in [0.05, 0.1) is 0 Å². The monoisotopic (exact) mass is 470 g/mol. The highest BCUT2D eigenvalue weighted by Gasteiger charge is 2.10. The zero-order valence-electron chi connectivity index (χ0n) is 18.3. The summed E-state index contributed by atoms with van der Waals surface area (Å²) in [5, 5.41) is 0.0221. The Morgan fingerprint density at radius 3 is 1.18 bits per heavy atom. The largest absolute Gasteiger partial charge is 0.457 e. The fourth-order valence-electron chi connectivity index (χ4n) is 3.00. The molecule has 0 amide bonds. The summed E-state index contributed by atoms with van der Waals surface area (Å²) in [6.07, 6.45) is 0. The van der Waals surface area contributed by atoms with Crippen molar-refractivity contribution in [2.24, 2.45) is 0 Å². The van der Waals surface area contributed by atoms with Crippen LogP contribution < -0.4 is 4.74 Å². The van der Waals surface area contributed by atoms with Crippen LogP contribution in [0.15, 0.2) is 107 Å². The minimum absolute atomic E-state index is 0.0111. The predicted molar refractivity (Wildman–Crippen MR) is 136 cm³/mol. The van der Waals surface area contributed by atoms with Gasteiger partial charge in [-0.2, -0.15) is 0 Å². The number of aryl methyl sites for hydroxylation is 2. The first-order valence-electron chi connectivity index (χ1n) is 10.4. The van der Waals surface area contributed by atoms with Crippen molar-refractivity contribution in [3.05, 3.63) is 119 Å². The van der Waals surface area contributed by atoms with E-state index in [1.165, 1.54) is 23.5 Å². The van der Waals surface area contributed by atoms with E-state index in [9.17, 15) is 9.59 Å². The molecule has 0 N–H and O–H groups in total. The molecule has 0 aliphatic rings. The van der Waals surface area contributed by atoms with Crippen LogP contribution in [0.1, 0.15) is 31.8 Å². The van der Waals surface area contributed by atoms with Gasteiger partial charge in [0.2, 0.25) is 10.2 Å². The number of thioether (sulfide) groups is 2. The van der Waals surface area contributed by atoms with Gasteiger partial charge in [-0.05, 0) is 85.9 Å². The average molecular weight is 471 g/mol. The minimum atomic E-state index is 0.0111. The zero-order chi connectivity index (χ0) is 23.2. The SMILES string of the molecule is Cc1ccc(C(=O)Sc2ccc(Oc3ccc(SC(=O)c4ccc(C)cc4)cc3)cc2)cc1. The maximum absolute atomic E-state index is 12.4. The Bertz CT molecular complexity index is 1140. The number of carbonyl (C=O) groups excluding carboxylic acids is 2. The van der Waals surface area contributed by atoms with Gasteiger partial charge >= 0.3 is 0 Å². The lowest BCUT2D eigenvalue weighted by atomic mass is 10.2. The van der Waals surface area contributed by atoms with Gasteiger partial charge in [-0.25, -0.2) is 0 Å². The van der Waals surface area contributed by atoms with Crippen molar-refractivity contribution >= 4 is 33.8 Å². The molecule has 0 spiro atoms. The summed E-state index contributed by atoms with van der Waals surface area (Å²) in [5.41, 5.74) is 3.62. The summed E-state index contributed by atoms with van der Waals surface area (Å²) in [7, 11) is 0. The third-order valence-corrected chi connectivity index (χ3v) is 6.74. The van der Waals surface area contributed by atoms with Crippen molar-refractivity contribution < 1.29 is 14.3 Å². The van der Waals surface area contributed by atoms with Crippen molar-refractivity contribution in [2.45, 2.75) is 23.6 Å². The van der Waals surface area contributed by atoms with Crippen LogP contribution >= 0.6 is 23.5 Å². The molecule has 5 heteroatoms. The van der Waals surface area contributed by atoms with E-state index >= 15 is 0 Å². The van der Waals surface area contributed by atoms with Crippen LogP contribution in [-0.4, -0.2) is 10.2 Å². The van der Waals surface area contributed by atoms with E-state index in [2.05, 4.69) is 0 Å². The lowest BCUT2D eigenvalue weighted by Crippen LogP contribution is -1.93. The predicted octanol–water partition coefficient (Wildman–Crippen LogP) is 7.96. The third kappa shape index (κ3) is 6.37. The second-order valence-electron chi connectivity index (χ2n) is 7.56. The van der Waals surface area contributed by atoms with Crippen LogP contribution in [-0.2, 0) is 0 Å². The summed E-state index contributed by atoms with van der Waals surface area (Å²) in [4.78, 5) is 26.6. The van der Waals surface area contributed by atoms with Crippen molar-refractivity contribution in [3.8, 4) is 11.5 Å². The van der Waals surface area contributed by atoms with Crippen molar-refractivity contribution in [1.82, 2.24) is 0 Å². The van der Waals surface area contributed by atoms with Crippen LogP contribution in [0.4, 0.5) is 0 Å². The Morgan fingerprint density at radius 2 is 0.848 bits per heavy atom. The fraction of sp³-hybridized carbons (Fsp3) is 0.0714. The third-order valence-electron chi connectivity index (χ3n) is 4.88. The number of benzene rings is 4. The molecule has 3 nitrogen and oxygen atoms in total. The van der Waals surface area contributed by atoms with E-state index in [1.807, 2.05) is 111 Å². The lowest BCUT2D eigenvalue weighted by molar-refractivity contribution is 0.108. The lowest BCUT2D eigenvalue weighted by Gasteiger charge is -2.08. The van der Waals surface area contributed by atoms with Gasteiger partial charge in [-0.1, -0.05) is 59.7 Å². The van der Waals surface area contributed by atoms with Gasteiger partial charge < -0.3 is 4.74 Å². The van der Waals surface area contributed by atoms with Crippen molar-refractivity contribution in [3.63, 3.8) is 0 Å². The maximum atomic E-state index is 12.4. The van der Waals surface area contributed by atoms with Crippen molar-refractivity contribution in [2.75, 3.05) is 0 Å². The molecule has 164 valence electrons. The molecular weight excluding hydrogens is 448 g/mol. The highest BCUT2D eigenvalue weighted by atomic mass is 32.2. The summed E-state index contributed by atoms with van der Waals surface area (Å²) < 4.78 is 5.91. The Hall–Kier alpha value is -3.28. The first-order valence-corrected chi connectivity index (χ1v) is 12.1. The molecule has 4 aromatic rings. The number of hydrogen-bond donors (Lipinski definition) is 0. The Kier molecular flexibility index (Phi) is 7.33. The number of ether oxygens (including phenoxy) is 1. The first kappa shape index (κ1) is 22.9. The highest BCUT2D eigenvalue weighted by molar-refractivity contribution is 8.14. The van der Waals surface area contributed by atoms with E-state index < -0.39 is 0 Å². The van der Waals surface area contributed by atoms with Crippen LogP contribution in [0.25, 0.3) is 0 Å². The summed E-state index contributed by atoms with van der Waals surface area (Å²) in [5.74, 6) is 1.36. The number of rotatable bonds is 6.